The third-order valence-electron chi connectivity index (χ3n) is 3.89. The molecular formula is C21H16N4O2S2. The number of carbonyl (C=O) groups excluding carboxylic acids is 2. The van der Waals surface area contributed by atoms with E-state index in [0.29, 0.717) is 21.9 Å². The number of thiazole rings is 1. The molecule has 3 N–H and O–H groups in total. The molecule has 0 atom stereocenters. The van der Waals surface area contributed by atoms with Crippen LogP contribution in [-0.2, 0) is 0 Å². The smallest absolute Gasteiger partial charge is 0.321 e. The van der Waals surface area contributed by atoms with Crippen molar-refractivity contribution in [2.24, 2.45) is 0 Å². The van der Waals surface area contributed by atoms with Crippen LogP contribution in [0, 0.1) is 0 Å². The number of hydrogen-bond donors (Lipinski definition) is 3. The number of hydrogen-bond acceptors (Lipinski definition) is 5. The first-order valence-electron chi connectivity index (χ1n) is 8.71. The molecule has 0 bridgehead atoms. The van der Waals surface area contributed by atoms with E-state index in [4.69, 9.17) is 0 Å². The molecule has 0 fully saturated rings. The average Bonchev–Trinajstić information content (AvgIpc) is 3.42. The molecule has 0 saturated carbocycles. The van der Waals surface area contributed by atoms with Crippen LogP contribution in [0.3, 0.4) is 0 Å². The highest BCUT2D eigenvalue weighted by molar-refractivity contribution is 7.22. The summed E-state index contributed by atoms with van der Waals surface area (Å²) in [5.41, 5.74) is 1.96. The molecule has 3 amide bonds. The number of para-hydroxylation sites is 1. The minimum absolute atomic E-state index is 0.215. The van der Waals surface area contributed by atoms with Crippen LogP contribution in [0.4, 0.5) is 21.9 Å². The minimum atomic E-state index is -0.334. The Morgan fingerprint density at radius 3 is 2.07 bits per heavy atom. The summed E-state index contributed by atoms with van der Waals surface area (Å²) in [7, 11) is 0. The lowest BCUT2D eigenvalue weighted by Crippen LogP contribution is -2.19. The van der Waals surface area contributed by atoms with Crippen LogP contribution in [0.25, 0.3) is 9.88 Å². The maximum atomic E-state index is 12.4. The minimum Gasteiger partial charge on any atom is -0.321 e. The van der Waals surface area contributed by atoms with Crippen LogP contribution in [0.5, 0.6) is 0 Å². The first-order chi connectivity index (χ1) is 14.2. The van der Waals surface area contributed by atoms with Gasteiger partial charge in [0.05, 0.1) is 11.1 Å². The Morgan fingerprint density at radius 2 is 1.41 bits per heavy atom. The van der Waals surface area contributed by atoms with E-state index < -0.39 is 0 Å². The van der Waals surface area contributed by atoms with Crippen molar-refractivity contribution < 1.29 is 9.59 Å². The van der Waals surface area contributed by atoms with Crippen LogP contribution >= 0.6 is 22.7 Å². The number of amides is 3. The highest BCUT2D eigenvalue weighted by atomic mass is 32.1. The second-order valence-electron chi connectivity index (χ2n) is 5.98. The summed E-state index contributed by atoms with van der Waals surface area (Å²) in [6.45, 7) is 0. The van der Waals surface area contributed by atoms with Gasteiger partial charge in [-0.2, -0.15) is 0 Å². The number of carbonyl (C=O) groups is 2. The van der Waals surface area contributed by atoms with Gasteiger partial charge in [0.25, 0.3) is 5.91 Å². The number of nitrogens with one attached hydrogen (secondary N) is 3. The lowest BCUT2D eigenvalue weighted by atomic mass is 10.2. The van der Waals surface area contributed by atoms with Gasteiger partial charge in [0.15, 0.2) is 0 Å². The number of thiophene rings is 1. The third kappa shape index (κ3) is 4.87. The molecule has 144 valence electrons. The lowest BCUT2D eigenvalue weighted by molar-refractivity contribution is 0.103. The van der Waals surface area contributed by atoms with Crippen molar-refractivity contribution in [1.29, 1.82) is 0 Å². The number of anilines is 3. The van der Waals surface area contributed by atoms with Crippen LogP contribution in [0.1, 0.15) is 9.67 Å². The van der Waals surface area contributed by atoms with E-state index in [1.54, 1.807) is 41.8 Å². The van der Waals surface area contributed by atoms with Crippen LogP contribution in [0.2, 0.25) is 0 Å². The van der Waals surface area contributed by atoms with Crippen molar-refractivity contribution in [2.75, 3.05) is 16.0 Å². The molecule has 0 spiro atoms. The summed E-state index contributed by atoms with van der Waals surface area (Å²) in [6.07, 6.45) is 1.58. The van der Waals surface area contributed by atoms with Gasteiger partial charge in [-0.25, -0.2) is 9.78 Å². The van der Waals surface area contributed by atoms with Gasteiger partial charge in [0.1, 0.15) is 9.88 Å². The Labute approximate surface area is 175 Å². The van der Waals surface area contributed by atoms with E-state index in [9.17, 15) is 9.59 Å². The second-order valence-corrected chi connectivity index (χ2v) is 7.96. The fraction of sp³-hybridized carbons (Fsp3) is 0. The first-order valence-corrected chi connectivity index (χ1v) is 10.4. The van der Waals surface area contributed by atoms with Gasteiger partial charge in [0, 0.05) is 17.1 Å². The van der Waals surface area contributed by atoms with Crippen LogP contribution in [0.15, 0.2) is 78.3 Å². The molecule has 4 rings (SSSR count). The molecule has 8 heteroatoms. The standard InChI is InChI=1S/C21H16N4O2S2/c26-19(18-13-22-20(29-18)17-7-4-12-28-17)23-15-8-10-16(11-9-15)25-21(27)24-14-5-2-1-3-6-14/h1-13H,(H,23,26)(H2,24,25,27). The van der Waals surface area contributed by atoms with Crippen LogP contribution in [-0.4, -0.2) is 16.9 Å². The number of rotatable bonds is 5. The summed E-state index contributed by atoms with van der Waals surface area (Å²) in [4.78, 5) is 30.4. The highest BCUT2D eigenvalue weighted by Gasteiger charge is 2.12. The van der Waals surface area contributed by atoms with Crippen molar-refractivity contribution in [2.45, 2.75) is 0 Å². The van der Waals surface area contributed by atoms with Crippen molar-refractivity contribution in [3.8, 4) is 9.88 Å². The molecule has 2 aromatic heterocycles. The maximum Gasteiger partial charge on any atom is 0.323 e. The van der Waals surface area contributed by atoms with Gasteiger partial charge in [0.2, 0.25) is 0 Å². The summed E-state index contributed by atoms with van der Waals surface area (Å²) in [6, 6.07) is 19.7. The first kappa shape index (κ1) is 18.9. The topological polar surface area (TPSA) is 83.1 Å². The van der Waals surface area contributed by atoms with E-state index in [-0.39, 0.29) is 11.9 Å². The fourth-order valence-corrected chi connectivity index (χ4v) is 4.15. The SMILES string of the molecule is O=C(Nc1ccccc1)Nc1ccc(NC(=O)c2cnc(-c3cccs3)s2)cc1. The molecule has 0 saturated heterocycles. The number of aromatic nitrogens is 1. The normalized spacial score (nSPS) is 10.3. The summed E-state index contributed by atoms with van der Waals surface area (Å²) >= 11 is 2.94. The van der Waals surface area contributed by atoms with E-state index in [2.05, 4.69) is 20.9 Å². The van der Waals surface area contributed by atoms with Crippen molar-refractivity contribution in [3.63, 3.8) is 0 Å². The van der Waals surface area contributed by atoms with Gasteiger partial charge in [-0.1, -0.05) is 24.3 Å². The highest BCUT2D eigenvalue weighted by Crippen LogP contribution is 2.29. The number of urea groups is 1. The number of nitrogens with zero attached hydrogens (tertiary/aromatic N) is 1. The monoisotopic (exact) mass is 420 g/mol. The Bertz CT molecular complexity index is 1110. The molecule has 0 radical (unpaired) electrons. The maximum absolute atomic E-state index is 12.4. The average molecular weight is 421 g/mol. The van der Waals surface area contributed by atoms with E-state index in [0.717, 1.165) is 9.88 Å². The second kappa shape index (κ2) is 8.68. The van der Waals surface area contributed by atoms with Crippen molar-refractivity contribution in [3.05, 3.63) is 83.2 Å². The zero-order valence-electron chi connectivity index (χ0n) is 15.1. The number of benzene rings is 2. The Kier molecular flexibility index (Phi) is 5.64. The van der Waals surface area contributed by atoms with Gasteiger partial charge in [-0.3, -0.25) is 4.79 Å². The molecule has 6 nitrogen and oxygen atoms in total. The van der Waals surface area contributed by atoms with Crippen molar-refractivity contribution in [1.82, 2.24) is 4.98 Å². The Hall–Kier alpha value is -3.49. The predicted octanol–water partition coefficient (Wildman–Crippen LogP) is 5.77. The quantitative estimate of drug-likeness (QED) is 0.383. The van der Waals surface area contributed by atoms with Gasteiger partial charge < -0.3 is 16.0 Å². The van der Waals surface area contributed by atoms with Gasteiger partial charge in [-0.05, 0) is 47.8 Å². The van der Waals surface area contributed by atoms with E-state index in [1.165, 1.54) is 11.3 Å². The van der Waals surface area contributed by atoms with Crippen molar-refractivity contribution >= 4 is 51.7 Å². The Morgan fingerprint density at radius 1 is 0.759 bits per heavy atom. The molecule has 2 aromatic carbocycles. The molecule has 0 aliphatic carbocycles. The van der Waals surface area contributed by atoms with Gasteiger partial charge in [-0.15, -0.1) is 22.7 Å². The van der Waals surface area contributed by atoms with E-state index in [1.807, 2.05) is 47.8 Å². The Balaban J connectivity index is 1.34. The molecule has 4 aromatic rings. The molecule has 2 heterocycles. The molecule has 0 unspecified atom stereocenters. The molecular weight excluding hydrogens is 404 g/mol. The molecule has 29 heavy (non-hydrogen) atoms. The van der Waals surface area contributed by atoms with E-state index >= 15 is 0 Å². The summed E-state index contributed by atoms with van der Waals surface area (Å²) < 4.78 is 0. The lowest BCUT2D eigenvalue weighted by Gasteiger charge is -2.09. The van der Waals surface area contributed by atoms with Crippen LogP contribution < -0.4 is 16.0 Å². The summed E-state index contributed by atoms with van der Waals surface area (Å²) in [5, 5.41) is 11.2. The largest absolute Gasteiger partial charge is 0.323 e. The third-order valence-corrected chi connectivity index (χ3v) is 5.93. The fourth-order valence-electron chi connectivity index (χ4n) is 2.54. The zero-order valence-corrected chi connectivity index (χ0v) is 16.7. The molecule has 0 aliphatic rings. The summed E-state index contributed by atoms with van der Waals surface area (Å²) in [5.74, 6) is -0.215. The zero-order chi connectivity index (χ0) is 20.1. The van der Waals surface area contributed by atoms with Gasteiger partial charge >= 0.3 is 6.03 Å². The molecule has 0 aliphatic heterocycles. The predicted molar refractivity (Wildman–Crippen MR) is 119 cm³/mol.